The molecular formula is C21H16F3N7O. The Bertz CT molecular complexity index is 1430. The summed E-state index contributed by atoms with van der Waals surface area (Å²) < 4.78 is 43.5. The van der Waals surface area contributed by atoms with Crippen molar-refractivity contribution in [1.82, 2.24) is 24.6 Å². The molecule has 0 unspecified atom stereocenters. The lowest BCUT2D eigenvalue weighted by Crippen LogP contribution is -2.27. The first kappa shape index (κ1) is 19.9. The number of aromatic nitrogens is 5. The smallest absolute Gasteiger partial charge is 0.235 e. The summed E-state index contributed by atoms with van der Waals surface area (Å²) in [6.07, 6.45) is 1.11. The highest BCUT2D eigenvalue weighted by molar-refractivity contribution is 6.06. The third-order valence-corrected chi connectivity index (χ3v) is 5.53. The Morgan fingerprint density at radius 1 is 1.09 bits per heavy atom. The van der Waals surface area contributed by atoms with E-state index < -0.39 is 28.4 Å². The van der Waals surface area contributed by atoms with Crippen LogP contribution in [0.3, 0.4) is 0 Å². The molecule has 3 N–H and O–H groups in total. The van der Waals surface area contributed by atoms with E-state index in [9.17, 15) is 18.0 Å². The minimum Gasteiger partial charge on any atom is -0.383 e. The molecule has 3 aromatic heterocycles. The van der Waals surface area contributed by atoms with Gasteiger partial charge in [0.2, 0.25) is 5.91 Å². The van der Waals surface area contributed by atoms with E-state index in [4.69, 9.17) is 5.73 Å². The van der Waals surface area contributed by atoms with Crippen LogP contribution in [0.25, 0.3) is 17.0 Å². The van der Waals surface area contributed by atoms with Gasteiger partial charge in [0.25, 0.3) is 0 Å². The summed E-state index contributed by atoms with van der Waals surface area (Å²) in [5.74, 6) is -2.98. The van der Waals surface area contributed by atoms with E-state index in [2.05, 4.69) is 25.4 Å². The number of imidazole rings is 1. The average molecular weight is 439 g/mol. The molecule has 0 spiro atoms. The van der Waals surface area contributed by atoms with Crippen LogP contribution < -0.4 is 11.1 Å². The van der Waals surface area contributed by atoms with Crippen LogP contribution in [-0.4, -0.2) is 30.5 Å². The number of carbonyl (C=O) groups is 1. The third kappa shape index (κ3) is 2.81. The molecule has 0 saturated carbocycles. The van der Waals surface area contributed by atoms with Crippen LogP contribution in [-0.2, 0) is 16.6 Å². The number of nitrogens with one attached hydrogen (secondary N) is 1. The normalized spacial score (nSPS) is 14.6. The molecule has 0 fully saturated rings. The first-order chi connectivity index (χ1) is 15.2. The van der Waals surface area contributed by atoms with Crippen LogP contribution in [0.5, 0.6) is 0 Å². The standard InChI is InChI=1S/C21H16F3N7O/c1-21(2)14-17(25)28-19(29-18(14)30-20(21)32)16-12-4-3-7-26-31(12)13(27-16)8-9-10(22)5-6-11(23)15(9)24/h3-7H,8H2,1-2H3,(H3,25,28,29,30,32). The van der Waals surface area contributed by atoms with Gasteiger partial charge in [-0.05, 0) is 38.1 Å². The zero-order valence-electron chi connectivity index (χ0n) is 16.9. The van der Waals surface area contributed by atoms with Crippen molar-refractivity contribution < 1.29 is 18.0 Å². The number of carbonyl (C=O) groups excluding carboxylic acids is 1. The number of rotatable bonds is 3. The molecule has 0 aliphatic carbocycles. The first-order valence-electron chi connectivity index (χ1n) is 9.63. The second-order valence-electron chi connectivity index (χ2n) is 7.93. The highest BCUT2D eigenvalue weighted by atomic mass is 19.2. The molecule has 4 heterocycles. The molecule has 5 rings (SSSR count). The number of benzene rings is 1. The Labute approximate surface area is 179 Å². The maximum absolute atomic E-state index is 14.2. The zero-order valence-corrected chi connectivity index (χ0v) is 16.9. The van der Waals surface area contributed by atoms with Crippen LogP contribution in [0.4, 0.5) is 24.8 Å². The van der Waals surface area contributed by atoms with E-state index in [0.29, 0.717) is 11.1 Å². The number of hydrogen-bond donors (Lipinski definition) is 2. The van der Waals surface area contributed by atoms with Gasteiger partial charge >= 0.3 is 0 Å². The minimum absolute atomic E-state index is 0.108. The van der Waals surface area contributed by atoms with E-state index in [1.807, 2.05) is 0 Å². The Morgan fingerprint density at radius 2 is 1.84 bits per heavy atom. The summed E-state index contributed by atoms with van der Waals surface area (Å²) in [4.78, 5) is 25.5. The van der Waals surface area contributed by atoms with Crippen molar-refractivity contribution in [3.05, 3.63) is 64.9 Å². The van der Waals surface area contributed by atoms with Crippen molar-refractivity contribution >= 4 is 23.1 Å². The minimum atomic E-state index is -1.29. The summed E-state index contributed by atoms with van der Waals surface area (Å²) in [5, 5.41) is 6.89. The van der Waals surface area contributed by atoms with E-state index in [-0.39, 0.29) is 41.3 Å². The SMILES string of the molecule is CC1(C)C(=O)Nc2nc(-c3nc(Cc4c(F)ccc(F)c4F)n4ncccc34)nc(N)c21. The van der Waals surface area contributed by atoms with Crippen LogP contribution in [0.15, 0.2) is 30.5 Å². The van der Waals surface area contributed by atoms with E-state index in [1.165, 1.54) is 10.7 Å². The molecule has 162 valence electrons. The van der Waals surface area contributed by atoms with Crippen LogP contribution in [0, 0.1) is 17.5 Å². The molecule has 0 bridgehead atoms. The van der Waals surface area contributed by atoms with Gasteiger partial charge in [-0.2, -0.15) is 5.10 Å². The predicted octanol–water partition coefficient (Wildman–Crippen LogP) is 3.01. The average Bonchev–Trinajstić information content (AvgIpc) is 3.22. The van der Waals surface area contributed by atoms with Crippen molar-refractivity contribution in [1.29, 1.82) is 0 Å². The molecule has 8 nitrogen and oxygen atoms in total. The quantitative estimate of drug-likeness (QED) is 0.475. The number of nitrogen functional groups attached to an aromatic ring is 1. The molecule has 0 saturated heterocycles. The molecular weight excluding hydrogens is 423 g/mol. The molecule has 1 aromatic carbocycles. The van der Waals surface area contributed by atoms with Crippen molar-refractivity contribution in [3.8, 4) is 11.5 Å². The second-order valence-corrected chi connectivity index (χ2v) is 7.93. The highest BCUT2D eigenvalue weighted by Crippen LogP contribution is 2.40. The van der Waals surface area contributed by atoms with E-state index >= 15 is 0 Å². The number of nitrogens with two attached hydrogens (primary N) is 1. The molecule has 1 amide bonds. The Morgan fingerprint density at radius 3 is 2.62 bits per heavy atom. The maximum Gasteiger partial charge on any atom is 0.235 e. The summed E-state index contributed by atoms with van der Waals surface area (Å²) in [5.41, 5.74) is 5.95. The molecule has 1 aliphatic heterocycles. The fourth-order valence-corrected chi connectivity index (χ4v) is 3.83. The van der Waals surface area contributed by atoms with Gasteiger partial charge < -0.3 is 11.1 Å². The Balaban J connectivity index is 1.67. The number of nitrogens with zero attached hydrogens (tertiary/aromatic N) is 5. The molecule has 11 heteroatoms. The maximum atomic E-state index is 14.2. The van der Waals surface area contributed by atoms with Crippen molar-refractivity contribution in [2.24, 2.45) is 0 Å². The molecule has 0 radical (unpaired) electrons. The van der Waals surface area contributed by atoms with Crippen LogP contribution in [0.1, 0.15) is 30.8 Å². The van der Waals surface area contributed by atoms with Gasteiger partial charge in [0.1, 0.15) is 29.0 Å². The summed E-state index contributed by atoms with van der Waals surface area (Å²) in [6.45, 7) is 3.42. The fourth-order valence-electron chi connectivity index (χ4n) is 3.83. The number of hydrogen-bond acceptors (Lipinski definition) is 6. The van der Waals surface area contributed by atoms with E-state index in [0.717, 1.165) is 12.1 Å². The number of halogens is 3. The highest BCUT2D eigenvalue weighted by Gasteiger charge is 2.42. The molecule has 32 heavy (non-hydrogen) atoms. The van der Waals surface area contributed by atoms with Gasteiger partial charge in [-0.15, -0.1) is 0 Å². The van der Waals surface area contributed by atoms with Gasteiger partial charge in [0.05, 0.1) is 16.5 Å². The Kier molecular flexibility index (Phi) is 4.19. The Hall–Kier alpha value is -4.02. The van der Waals surface area contributed by atoms with Gasteiger partial charge in [0, 0.05) is 18.2 Å². The first-order valence-corrected chi connectivity index (χ1v) is 9.63. The summed E-state index contributed by atoms with van der Waals surface area (Å²) >= 11 is 0. The van der Waals surface area contributed by atoms with Crippen LogP contribution in [0.2, 0.25) is 0 Å². The lowest BCUT2D eigenvalue weighted by Gasteiger charge is -2.15. The van der Waals surface area contributed by atoms with Gasteiger partial charge in [-0.1, -0.05) is 0 Å². The predicted molar refractivity (Wildman–Crippen MR) is 109 cm³/mol. The van der Waals surface area contributed by atoms with Crippen LogP contribution >= 0.6 is 0 Å². The number of anilines is 2. The number of fused-ring (bicyclic) bond motifs is 2. The van der Waals surface area contributed by atoms with Gasteiger partial charge in [-0.3, -0.25) is 4.79 Å². The molecule has 0 atom stereocenters. The molecule has 1 aliphatic rings. The van der Waals surface area contributed by atoms with Crippen molar-refractivity contribution in [2.75, 3.05) is 11.1 Å². The summed E-state index contributed by atoms with van der Waals surface area (Å²) in [7, 11) is 0. The van der Waals surface area contributed by atoms with E-state index in [1.54, 1.807) is 26.0 Å². The monoisotopic (exact) mass is 439 g/mol. The lowest BCUT2D eigenvalue weighted by atomic mass is 9.87. The van der Waals surface area contributed by atoms with Gasteiger partial charge in [0.15, 0.2) is 17.5 Å². The van der Waals surface area contributed by atoms with Gasteiger partial charge in [-0.25, -0.2) is 32.6 Å². The molecule has 4 aromatic rings. The lowest BCUT2D eigenvalue weighted by molar-refractivity contribution is -0.119. The largest absolute Gasteiger partial charge is 0.383 e. The second kappa shape index (κ2) is 6.74. The third-order valence-electron chi connectivity index (χ3n) is 5.53. The number of amides is 1. The van der Waals surface area contributed by atoms with Crippen molar-refractivity contribution in [2.45, 2.75) is 25.7 Å². The van der Waals surface area contributed by atoms with Crippen molar-refractivity contribution in [3.63, 3.8) is 0 Å². The summed E-state index contributed by atoms with van der Waals surface area (Å²) in [6, 6.07) is 4.90. The fraction of sp³-hybridized carbons (Fsp3) is 0.190. The topological polar surface area (TPSA) is 111 Å². The zero-order chi connectivity index (χ0) is 22.8.